The number of imidazole rings is 1. The fraction of sp³-hybridized carbons (Fsp3) is 0.312. The van der Waals surface area contributed by atoms with Gasteiger partial charge in [-0.3, -0.25) is 4.98 Å². The van der Waals surface area contributed by atoms with Crippen LogP contribution in [-0.4, -0.2) is 9.38 Å². The molecule has 0 fully saturated rings. The molecule has 0 amide bonds. The number of benzene rings is 1. The smallest absolute Gasteiger partial charge is 0.0606 e. The average molecular weight is 430 g/mol. The first-order valence-electron chi connectivity index (χ1n) is 6.25. The molecule has 0 aliphatic heterocycles. The summed E-state index contributed by atoms with van der Waals surface area (Å²) in [7, 11) is 0. The zero-order valence-corrected chi connectivity index (χ0v) is 14.0. The van der Waals surface area contributed by atoms with E-state index in [4.69, 9.17) is 0 Å². The van der Waals surface area contributed by atoms with E-state index in [1.807, 2.05) is 13.1 Å². The molecule has 0 aliphatic rings. The SMILES string of the molecule is Cc1cn2ccc3cc(C(C)(C)C)c[c-]c3c2n1.[Ir]. The van der Waals surface area contributed by atoms with Gasteiger partial charge in [-0.2, -0.15) is 0 Å². The maximum absolute atomic E-state index is 4.56. The number of rotatable bonds is 0. The molecule has 0 spiro atoms. The standard InChI is InChI=1S/C16H17N2.Ir/c1-11-10-18-8-7-12-9-13(16(2,3)4)5-6-14(12)15(18)17-11;/h5,7-10H,1-4H3;/q-1;. The van der Waals surface area contributed by atoms with Gasteiger partial charge in [-0.25, -0.2) is 0 Å². The van der Waals surface area contributed by atoms with Crippen LogP contribution >= 0.6 is 0 Å². The summed E-state index contributed by atoms with van der Waals surface area (Å²) in [4.78, 5) is 4.56. The Kier molecular flexibility index (Phi) is 3.55. The first-order chi connectivity index (χ1) is 8.45. The molecule has 0 bridgehead atoms. The minimum Gasteiger partial charge on any atom is -0.347 e. The number of fused-ring (bicyclic) bond motifs is 3. The van der Waals surface area contributed by atoms with Crippen molar-refractivity contribution in [2.45, 2.75) is 33.1 Å². The van der Waals surface area contributed by atoms with Gasteiger partial charge in [0, 0.05) is 32.0 Å². The van der Waals surface area contributed by atoms with Crippen LogP contribution in [0.25, 0.3) is 16.4 Å². The number of aryl methyl sites for hydroxylation is 1. The largest absolute Gasteiger partial charge is 0.347 e. The van der Waals surface area contributed by atoms with E-state index in [0.29, 0.717) is 0 Å². The second kappa shape index (κ2) is 4.73. The van der Waals surface area contributed by atoms with Gasteiger partial charge < -0.3 is 4.40 Å². The summed E-state index contributed by atoms with van der Waals surface area (Å²) in [6.45, 7) is 8.68. The summed E-state index contributed by atoms with van der Waals surface area (Å²) in [5.41, 5.74) is 3.49. The molecule has 0 atom stereocenters. The van der Waals surface area contributed by atoms with Crippen molar-refractivity contribution in [3.63, 3.8) is 0 Å². The molecule has 2 aromatic heterocycles. The van der Waals surface area contributed by atoms with Crippen molar-refractivity contribution in [3.8, 4) is 0 Å². The molecular weight excluding hydrogens is 412 g/mol. The van der Waals surface area contributed by atoms with Crippen molar-refractivity contribution < 1.29 is 20.1 Å². The molecule has 1 radical (unpaired) electrons. The number of nitrogens with zero attached hydrogens (tertiary/aromatic N) is 2. The van der Waals surface area contributed by atoms with Gasteiger partial charge in [0.05, 0.1) is 5.65 Å². The molecule has 3 heteroatoms. The van der Waals surface area contributed by atoms with Gasteiger partial charge in [0.25, 0.3) is 0 Å². The van der Waals surface area contributed by atoms with Crippen molar-refractivity contribution in [2.24, 2.45) is 0 Å². The molecule has 19 heavy (non-hydrogen) atoms. The fourth-order valence-corrected chi connectivity index (χ4v) is 2.25. The second-order valence-electron chi connectivity index (χ2n) is 5.90. The topological polar surface area (TPSA) is 17.3 Å². The van der Waals surface area contributed by atoms with Gasteiger partial charge >= 0.3 is 0 Å². The molecule has 0 unspecified atom stereocenters. The Labute approximate surface area is 127 Å². The van der Waals surface area contributed by atoms with E-state index >= 15 is 0 Å². The van der Waals surface area contributed by atoms with Crippen LogP contribution in [0.15, 0.2) is 30.6 Å². The van der Waals surface area contributed by atoms with Crippen molar-refractivity contribution in [2.75, 3.05) is 0 Å². The van der Waals surface area contributed by atoms with Crippen LogP contribution in [0.1, 0.15) is 32.0 Å². The Bertz CT molecular complexity index is 735. The molecule has 0 saturated heterocycles. The quantitative estimate of drug-likeness (QED) is 0.496. The van der Waals surface area contributed by atoms with Crippen molar-refractivity contribution in [3.05, 3.63) is 47.9 Å². The van der Waals surface area contributed by atoms with Gasteiger partial charge in [-0.05, 0) is 18.5 Å². The Hall–Kier alpha value is -1.18. The van der Waals surface area contributed by atoms with Crippen LogP contribution in [0, 0.1) is 13.0 Å². The number of aromatic nitrogens is 2. The normalized spacial score (nSPS) is 11.8. The van der Waals surface area contributed by atoms with Crippen LogP contribution < -0.4 is 0 Å². The molecular formula is C16H17IrN2-. The molecule has 2 nitrogen and oxygen atoms in total. The van der Waals surface area contributed by atoms with Crippen LogP contribution in [-0.2, 0) is 25.5 Å². The molecule has 1 aromatic carbocycles. The second-order valence-corrected chi connectivity index (χ2v) is 5.90. The van der Waals surface area contributed by atoms with Crippen LogP contribution in [0.4, 0.5) is 0 Å². The van der Waals surface area contributed by atoms with Crippen LogP contribution in [0.3, 0.4) is 0 Å². The monoisotopic (exact) mass is 430 g/mol. The summed E-state index contributed by atoms with van der Waals surface area (Å²) in [6, 6.07) is 9.87. The third-order valence-corrected chi connectivity index (χ3v) is 3.33. The molecule has 101 valence electrons. The van der Waals surface area contributed by atoms with E-state index < -0.39 is 0 Å². The number of hydrogen-bond acceptors (Lipinski definition) is 1. The average Bonchev–Trinajstić information content (AvgIpc) is 2.68. The predicted molar refractivity (Wildman–Crippen MR) is 75.0 cm³/mol. The van der Waals surface area contributed by atoms with Gasteiger partial charge in [0.1, 0.15) is 0 Å². The van der Waals surface area contributed by atoms with Gasteiger partial charge in [-0.15, -0.1) is 34.5 Å². The van der Waals surface area contributed by atoms with E-state index in [1.165, 1.54) is 10.9 Å². The first kappa shape index (κ1) is 14.2. The van der Waals surface area contributed by atoms with Crippen LogP contribution in [0.2, 0.25) is 0 Å². The minimum atomic E-state index is 0. The molecule has 0 N–H and O–H groups in total. The maximum Gasteiger partial charge on any atom is 0.0606 e. The molecule has 3 aromatic rings. The Balaban J connectivity index is 0.00000133. The van der Waals surface area contributed by atoms with Crippen LogP contribution in [0.5, 0.6) is 0 Å². The first-order valence-corrected chi connectivity index (χ1v) is 6.25. The van der Waals surface area contributed by atoms with E-state index in [-0.39, 0.29) is 25.5 Å². The zero-order chi connectivity index (χ0) is 12.9. The minimum absolute atomic E-state index is 0. The van der Waals surface area contributed by atoms with E-state index in [9.17, 15) is 0 Å². The van der Waals surface area contributed by atoms with Gasteiger partial charge in [-0.1, -0.05) is 26.8 Å². The van der Waals surface area contributed by atoms with Gasteiger partial charge in [0.2, 0.25) is 0 Å². The number of hydrogen-bond donors (Lipinski definition) is 0. The number of pyridine rings is 1. The maximum atomic E-state index is 4.56. The summed E-state index contributed by atoms with van der Waals surface area (Å²) in [5, 5.41) is 2.30. The Morgan fingerprint density at radius 1 is 1.26 bits per heavy atom. The summed E-state index contributed by atoms with van der Waals surface area (Å²) >= 11 is 0. The Morgan fingerprint density at radius 3 is 2.68 bits per heavy atom. The van der Waals surface area contributed by atoms with Crippen molar-refractivity contribution in [1.29, 1.82) is 0 Å². The third kappa shape index (κ3) is 2.45. The summed E-state index contributed by atoms with van der Waals surface area (Å²) in [5.74, 6) is 0. The molecule has 2 heterocycles. The molecule has 3 rings (SSSR count). The van der Waals surface area contributed by atoms with Gasteiger partial charge in [0.15, 0.2) is 0 Å². The fourth-order valence-electron chi connectivity index (χ4n) is 2.25. The molecule has 0 saturated carbocycles. The van der Waals surface area contributed by atoms with E-state index in [2.05, 4.69) is 60.6 Å². The van der Waals surface area contributed by atoms with Crippen molar-refractivity contribution in [1.82, 2.24) is 9.38 Å². The van der Waals surface area contributed by atoms with E-state index in [1.54, 1.807) is 0 Å². The predicted octanol–water partition coefficient (Wildman–Crippen LogP) is 3.89. The molecule has 0 aliphatic carbocycles. The summed E-state index contributed by atoms with van der Waals surface area (Å²) in [6.07, 6.45) is 4.11. The van der Waals surface area contributed by atoms with E-state index in [0.717, 1.165) is 16.7 Å². The van der Waals surface area contributed by atoms with Crippen molar-refractivity contribution >= 4 is 16.4 Å². The third-order valence-electron chi connectivity index (χ3n) is 3.33. The zero-order valence-electron chi connectivity index (χ0n) is 11.6. The summed E-state index contributed by atoms with van der Waals surface area (Å²) < 4.78 is 2.06. The Morgan fingerprint density at radius 2 is 2.00 bits per heavy atom.